The van der Waals surface area contributed by atoms with Crippen LogP contribution < -0.4 is 0 Å². The van der Waals surface area contributed by atoms with E-state index in [1.807, 2.05) is 0 Å². The van der Waals surface area contributed by atoms with Gasteiger partial charge in [-0.25, -0.2) is 0 Å². The average Bonchev–Trinajstić information content (AvgIpc) is 3.59. The Morgan fingerprint density at radius 1 is 0.338 bits per heavy atom. The van der Waals surface area contributed by atoms with Gasteiger partial charge in [-0.2, -0.15) is 0 Å². The summed E-state index contributed by atoms with van der Waals surface area (Å²) in [6.45, 7) is 4.84. The van der Waals surface area contributed by atoms with Crippen LogP contribution >= 0.6 is 0 Å². The molecule has 0 saturated carbocycles. The zero-order valence-corrected chi connectivity index (χ0v) is 36.7. The van der Waals surface area contributed by atoms with Crippen LogP contribution in [0.4, 0.5) is 0 Å². The molecule has 11 aromatic rings. The van der Waals surface area contributed by atoms with Gasteiger partial charge in [-0.3, -0.25) is 0 Å². The lowest BCUT2D eigenvalue weighted by molar-refractivity contribution is 0.607. The second-order valence-corrected chi connectivity index (χ2v) is 18.6. The third kappa shape index (κ3) is 5.84. The molecule has 11 aromatic carbocycles. The fourth-order valence-corrected chi connectivity index (χ4v) is 11.7. The van der Waals surface area contributed by atoms with E-state index in [1.54, 1.807) is 5.57 Å². The molecule has 0 fully saturated rings. The second-order valence-electron chi connectivity index (χ2n) is 18.6. The minimum atomic E-state index is 0.0198. The van der Waals surface area contributed by atoms with Gasteiger partial charge in [-0.1, -0.05) is 220 Å². The molecule has 0 radical (unpaired) electrons. The summed E-state index contributed by atoms with van der Waals surface area (Å²) < 4.78 is 0. The van der Waals surface area contributed by atoms with Crippen molar-refractivity contribution >= 4 is 59.4 Å². The van der Waals surface area contributed by atoms with E-state index in [1.165, 1.54) is 126 Å². The highest BCUT2D eigenvalue weighted by Crippen LogP contribution is 2.52. The first-order chi connectivity index (χ1) is 32.0. The summed E-state index contributed by atoms with van der Waals surface area (Å²) in [5.74, 6) is 0. The predicted octanol–water partition coefficient (Wildman–Crippen LogP) is 18.2. The quantitative estimate of drug-likeness (QED) is 0.152. The van der Waals surface area contributed by atoms with Crippen LogP contribution in [0.1, 0.15) is 37.8 Å². The topological polar surface area (TPSA) is 0 Å². The standard InChI is InChI=1S/C65H46/c1-65(2)59-27-15-14-18-49(59)50-37-36-48(40-60(50)65)64-57-25-12-10-23-55(57)63(56-24-11-13-26-58(56)64)47-35-34-45-38-44(32-33-46(45)39-47)41-28-30-43(31-29-41)62-53-21-8-6-19-51(53)61(42-16-4-3-5-17-42)52-20-7-9-22-54(52)62/h3-14,16-26,28-40H,15,27H2,1-2H3. The second kappa shape index (κ2) is 14.6. The van der Waals surface area contributed by atoms with Gasteiger partial charge in [0.15, 0.2) is 0 Å². The molecule has 0 unspecified atom stereocenters. The Morgan fingerprint density at radius 3 is 1.25 bits per heavy atom. The largest absolute Gasteiger partial charge is 0.0836 e. The first-order valence-corrected chi connectivity index (χ1v) is 23.1. The van der Waals surface area contributed by atoms with Crippen LogP contribution in [0.25, 0.3) is 115 Å². The highest BCUT2D eigenvalue weighted by Gasteiger charge is 2.37. The zero-order valence-electron chi connectivity index (χ0n) is 36.7. The van der Waals surface area contributed by atoms with Crippen molar-refractivity contribution in [2.75, 3.05) is 0 Å². The van der Waals surface area contributed by atoms with Crippen LogP contribution in [-0.2, 0) is 5.41 Å². The predicted molar refractivity (Wildman–Crippen MR) is 279 cm³/mol. The number of fused-ring (bicyclic) bond motifs is 7. The minimum absolute atomic E-state index is 0.0198. The van der Waals surface area contributed by atoms with Gasteiger partial charge in [0.25, 0.3) is 0 Å². The summed E-state index contributed by atoms with van der Waals surface area (Å²) >= 11 is 0. The first-order valence-electron chi connectivity index (χ1n) is 23.1. The molecule has 0 aliphatic heterocycles. The van der Waals surface area contributed by atoms with Gasteiger partial charge < -0.3 is 0 Å². The molecule has 0 bridgehead atoms. The van der Waals surface area contributed by atoms with Gasteiger partial charge in [0.2, 0.25) is 0 Å². The normalized spacial score (nSPS) is 14.2. The highest BCUT2D eigenvalue weighted by atomic mass is 14.4. The fraction of sp³-hybridized carbons (Fsp3) is 0.0769. The summed E-state index contributed by atoms with van der Waals surface area (Å²) in [7, 11) is 0. The van der Waals surface area contributed by atoms with E-state index in [2.05, 4.69) is 232 Å². The average molecular weight is 827 g/mol. The van der Waals surface area contributed by atoms with Crippen LogP contribution in [0.2, 0.25) is 0 Å². The molecule has 306 valence electrons. The number of hydrogen-bond donors (Lipinski definition) is 0. The lowest BCUT2D eigenvalue weighted by Gasteiger charge is -2.26. The lowest BCUT2D eigenvalue weighted by atomic mass is 9.77. The molecular formula is C65H46. The molecular weight excluding hydrogens is 781 g/mol. The van der Waals surface area contributed by atoms with E-state index >= 15 is 0 Å². The Bertz CT molecular complexity index is 3710. The lowest BCUT2D eigenvalue weighted by Crippen LogP contribution is -2.17. The number of allylic oxidation sites excluding steroid dienone is 4. The fourth-order valence-electron chi connectivity index (χ4n) is 11.7. The summed E-state index contributed by atoms with van der Waals surface area (Å²) in [5, 5.41) is 12.7. The van der Waals surface area contributed by atoms with E-state index < -0.39 is 0 Å². The molecule has 0 amide bonds. The van der Waals surface area contributed by atoms with Crippen LogP contribution in [0, 0.1) is 0 Å². The molecule has 2 aliphatic rings. The van der Waals surface area contributed by atoms with E-state index in [4.69, 9.17) is 0 Å². The van der Waals surface area contributed by atoms with Crippen LogP contribution in [-0.4, -0.2) is 0 Å². The van der Waals surface area contributed by atoms with Gasteiger partial charge in [-0.15, -0.1) is 0 Å². The maximum absolute atomic E-state index is 2.50. The van der Waals surface area contributed by atoms with Crippen molar-refractivity contribution in [2.24, 2.45) is 0 Å². The molecule has 0 N–H and O–H groups in total. The Labute approximate surface area is 380 Å². The number of benzene rings is 11. The zero-order chi connectivity index (χ0) is 43.2. The third-order valence-electron chi connectivity index (χ3n) is 14.8. The summed E-state index contributed by atoms with van der Waals surface area (Å²) in [4.78, 5) is 0. The molecule has 0 heterocycles. The first kappa shape index (κ1) is 37.7. The van der Waals surface area contributed by atoms with Gasteiger partial charge in [0.1, 0.15) is 0 Å². The van der Waals surface area contributed by atoms with Gasteiger partial charge in [-0.05, 0) is 157 Å². The van der Waals surface area contributed by atoms with Crippen LogP contribution in [0.15, 0.2) is 224 Å². The monoisotopic (exact) mass is 826 g/mol. The molecule has 65 heavy (non-hydrogen) atoms. The van der Waals surface area contributed by atoms with Crippen molar-refractivity contribution in [1.29, 1.82) is 0 Å². The minimum Gasteiger partial charge on any atom is -0.0836 e. The van der Waals surface area contributed by atoms with Crippen molar-refractivity contribution in [3.8, 4) is 55.6 Å². The SMILES string of the molecule is CC1(C)C2=C(C=CCC2)c2ccc(-c3c4ccccc4c(-c4ccc5cc(-c6ccc(-c7c8ccccc8c(-c8ccccc8)c8ccccc78)cc6)ccc5c4)c4ccccc34)cc21. The third-order valence-corrected chi connectivity index (χ3v) is 14.8. The maximum Gasteiger partial charge on any atom is 0.0121 e. The molecule has 0 nitrogen and oxygen atoms in total. The molecule has 0 saturated heterocycles. The number of hydrogen-bond acceptors (Lipinski definition) is 0. The smallest absolute Gasteiger partial charge is 0.0121 e. The van der Waals surface area contributed by atoms with Crippen molar-refractivity contribution in [3.63, 3.8) is 0 Å². The Hall–Kier alpha value is -7.80. The van der Waals surface area contributed by atoms with E-state index in [9.17, 15) is 0 Å². The van der Waals surface area contributed by atoms with E-state index in [-0.39, 0.29) is 5.41 Å². The van der Waals surface area contributed by atoms with Gasteiger partial charge >= 0.3 is 0 Å². The summed E-state index contributed by atoms with van der Waals surface area (Å²) in [6.07, 6.45) is 6.98. The van der Waals surface area contributed by atoms with Crippen molar-refractivity contribution in [3.05, 3.63) is 235 Å². The number of rotatable bonds is 5. The van der Waals surface area contributed by atoms with Gasteiger partial charge in [0.05, 0.1) is 0 Å². The Kier molecular flexibility index (Phi) is 8.49. The molecule has 2 aliphatic carbocycles. The Morgan fingerprint density at radius 2 is 0.723 bits per heavy atom. The summed E-state index contributed by atoms with van der Waals surface area (Å²) in [5.41, 5.74) is 18.5. The Balaban J connectivity index is 0.885. The molecule has 0 atom stereocenters. The molecule has 0 aromatic heterocycles. The summed E-state index contributed by atoms with van der Waals surface area (Å²) in [6, 6.07) is 77.2. The van der Waals surface area contributed by atoms with E-state index in [0.717, 1.165) is 12.8 Å². The van der Waals surface area contributed by atoms with Crippen LogP contribution in [0.3, 0.4) is 0 Å². The molecule has 0 spiro atoms. The van der Waals surface area contributed by atoms with Crippen LogP contribution in [0.5, 0.6) is 0 Å². The van der Waals surface area contributed by atoms with Gasteiger partial charge in [0, 0.05) is 5.41 Å². The van der Waals surface area contributed by atoms with E-state index in [0.29, 0.717) is 0 Å². The molecule has 0 heteroatoms. The molecule has 13 rings (SSSR count). The maximum atomic E-state index is 2.50. The van der Waals surface area contributed by atoms with Crippen molar-refractivity contribution < 1.29 is 0 Å². The van der Waals surface area contributed by atoms with Crippen molar-refractivity contribution in [2.45, 2.75) is 32.1 Å². The van der Waals surface area contributed by atoms with Crippen molar-refractivity contribution in [1.82, 2.24) is 0 Å². The highest BCUT2D eigenvalue weighted by molar-refractivity contribution is 6.23.